The Hall–Kier alpha value is -3.55. The molecule has 0 unspecified atom stereocenters. The van der Waals surface area contributed by atoms with E-state index < -0.39 is 0 Å². The maximum absolute atomic E-state index is 12.7. The van der Waals surface area contributed by atoms with Crippen LogP contribution in [0.4, 0.5) is 0 Å². The van der Waals surface area contributed by atoms with Crippen LogP contribution >= 0.6 is 11.6 Å². The Labute approximate surface area is 220 Å². The molecule has 2 aliphatic heterocycles. The number of likely N-dealkylation sites (tertiary alicyclic amines) is 1. The van der Waals surface area contributed by atoms with E-state index in [2.05, 4.69) is 27.0 Å². The van der Waals surface area contributed by atoms with E-state index in [4.69, 9.17) is 21.1 Å². The predicted octanol–water partition coefficient (Wildman–Crippen LogP) is 5.85. The van der Waals surface area contributed by atoms with Crippen molar-refractivity contribution >= 4 is 28.2 Å². The van der Waals surface area contributed by atoms with E-state index in [1.807, 2.05) is 47.0 Å². The molecule has 0 saturated carbocycles. The van der Waals surface area contributed by atoms with Crippen LogP contribution in [0.25, 0.3) is 16.6 Å². The molecule has 1 N–H and O–H groups in total. The Balaban J connectivity index is 1.15. The molecule has 1 saturated heterocycles. The number of nitrogens with one attached hydrogen (secondary N) is 1. The molecule has 2 aromatic carbocycles. The highest BCUT2D eigenvalue weighted by atomic mass is 35.5. The number of hydrogen-bond acceptors (Lipinski definition) is 5. The van der Waals surface area contributed by atoms with Crippen molar-refractivity contribution in [3.8, 4) is 17.4 Å². The second-order valence-corrected chi connectivity index (χ2v) is 10.1. The standard InChI is InChI=1S/C29H29ClN4O3/c1-36-26-7-2-8-27-23(26)17-19(22-6-3-13-31-28(22)37-27)5-4-14-33-15-11-21(12-16-33)34-25-10-9-20(30)18-24(25)32-29(34)35/h2-3,5-10,13,18,21H,4,11-12,14-17H2,1H3,(H,32,35). The molecule has 4 heterocycles. The lowest BCUT2D eigenvalue weighted by Gasteiger charge is -2.32. The highest BCUT2D eigenvalue weighted by Gasteiger charge is 2.24. The van der Waals surface area contributed by atoms with Gasteiger partial charge in [-0.25, -0.2) is 9.78 Å². The number of fused-ring (bicyclic) bond motifs is 3. The van der Waals surface area contributed by atoms with Crippen LogP contribution in [0.3, 0.4) is 0 Å². The first-order chi connectivity index (χ1) is 18.1. The summed E-state index contributed by atoms with van der Waals surface area (Å²) in [6, 6.07) is 15.7. The molecule has 2 aromatic heterocycles. The van der Waals surface area contributed by atoms with Gasteiger partial charge in [-0.1, -0.05) is 23.7 Å². The summed E-state index contributed by atoms with van der Waals surface area (Å²) in [4.78, 5) is 22.6. The third kappa shape index (κ3) is 4.65. The van der Waals surface area contributed by atoms with Crippen LogP contribution in [0.2, 0.25) is 5.02 Å². The summed E-state index contributed by atoms with van der Waals surface area (Å²) in [7, 11) is 1.69. The van der Waals surface area contributed by atoms with Gasteiger partial charge in [-0.15, -0.1) is 0 Å². The number of pyridine rings is 1. The van der Waals surface area contributed by atoms with E-state index in [0.29, 0.717) is 10.9 Å². The molecular formula is C29H29ClN4O3. The van der Waals surface area contributed by atoms with E-state index in [0.717, 1.165) is 79.0 Å². The van der Waals surface area contributed by atoms with Crippen molar-refractivity contribution < 1.29 is 9.47 Å². The maximum atomic E-state index is 12.7. The fourth-order valence-electron chi connectivity index (χ4n) is 5.58. The summed E-state index contributed by atoms with van der Waals surface area (Å²) in [5.74, 6) is 2.25. The summed E-state index contributed by atoms with van der Waals surface area (Å²) < 4.78 is 13.7. The minimum absolute atomic E-state index is 0.0565. The van der Waals surface area contributed by atoms with Crippen molar-refractivity contribution in [2.45, 2.75) is 31.7 Å². The Morgan fingerprint density at radius 3 is 2.89 bits per heavy atom. The normalized spacial score (nSPS) is 17.3. The van der Waals surface area contributed by atoms with Crippen LogP contribution in [0.15, 0.2) is 65.6 Å². The summed E-state index contributed by atoms with van der Waals surface area (Å²) in [6.45, 7) is 2.88. The van der Waals surface area contributed by atoms with Crippen LogP contribution in [0.5, 0.6) is 17.4 Å². The zero-order valence-corrected chi connectivity index (χ0v) is 21.5. The molecule has 0 amide bonds. The van der Waals surface area contributed by atoms with Gasteiger partial charge in [0.15, 0.2) is 0 Å². The third-order valence-corrected chi connectivity index (χ3v) is 7.67. The molecule has 0 aliphatic carbocycles. The molecule has 4 aromatic rings. The van der Waals surface area contributed by atoms with Crippen molar-refractivity contribution in [2.75, 3.05) is 26.7 Å². The number of allylic oxidation sites excluding steroid dienone is 1. The number of aromatic nitrogens is 3. The van der Waals surface area contributed by atoms with Gasteiger partial charge in [0.25, 0.3) is 0 Å². The quantitative estimate of drug-likeness (QED) is 0.360. The SMILES string of the molecule is COc1cccc2c1CC(=CCCN1CCC(n3c(=O)[nH]c4cc(Cl)ccc43)CC1)c1cccnc1O2. The van der Waals surface area contributed by atoms with Crippen molar-refractivity contribution in [3.63, 3.8) is 0 Å². The molecule has 0 spiro atoms. The molecule has 1 fully saturated rings. The maximum Gasteiger partial charge on any atom is 0.326 e. The van der Waals surface area contributed by atoms with Crippen LogP contribution in [-0.2, 0) is 6.42 Å². The number of halogens is 1. The average Bonchev–Trinajstić information content (AvgIpc) is 3.14. The van der Waals surface area contributed by atoms with Crippen LogP contribution < -0.4 is 15.2 Å². The first-order valence-corrected chi connectivity index (χ1v) is 13.1. The van der Waals surface area contributed by atoms with E-state index >= 15 is 0 Å². The number of rotatable bonds is 5. The van der Waals surface area contributed by atoms with Gasteiger partial charge in [-0.2, -0.15) is 0 Å². The van der Waals surface area contributed by atoms with Crippen LogP contribution in [-0.4, -0.2) is 46.2 Å². The van der Waals surface area contributed by atoms with Gasteiger partial charge in [-0.05, 0) is 67.3 Å². The Morgan fingerprint density at radius 1 is 1.19 bits per heavy atom. The molecule has 0 atom stereocenters. The summed E-state index contributed by atoms with van der Waals surface area (Å²) >= 11 is 6.11. The molecule has 7 nitrogen and oxygen atoms in total. The third-order valence-electron chi connectivity index (χ3n) is 7.44. The summed E-state index contributed by atoms with van der Waals surface area (Å²) in [6.07, 6.45) is 7.61. The van der Waals surface area contributed by atoms with E-state index in [-0.39, 0.29) is 11.7 Å². The Kier molecular flexibility index (Phi) is 6.49. The fraction of sp³-hybridized carbons (Fsp3) is 0.310. The number of imidazole rings is 1. The summed E-state index contributed by atoms with van der Waals surface area (Å²) in [5.41, 5.74) is 4.94. The first kappa shape index (κ1) is 23.8. The first-order valence-electron chi connectivity index (χ1n) is 12.7. The molecule has 0 radical (unpaired) electrons. The van der Waals surface area contributed by atoms with Gasteiger partial charge in [-0.3, -0.25) is 4.57 Å². The Morgan fingerprint density at radius 2 is 2.05 bits per heavy atom. The average molecular weight is 517 g/mol. The lowest BCUT2D eigenvalue weighted by Crippen LogP contribution is -2.37. The largest absolute Gasteiger partial charge is 0.496 e. The highest BCUT2D eigenvalue weighted by molar-refractivity contribution is 6.31. The van der Waals surface area contributed by atoms with Crippen molar-refractivity contribution in [3.05, 3.63) is 87.4 Å². The van der Waals surface area contributed by atoms with Gasteiger partial charge >= 0.3 is 5.69 Å². The van der Waals surface area contributed by atoms with Crippen molar-refractivity contribution in [1.82, 2.24) is 19.4 Å². The molecule has 8 heteroatoms. The van der Waals surface area contributed by atoms with E-state index in [1.165, 1.54) is 5.57 Å². The number of benzene rings is 2. The predicted molar refractivity (Wildman–Crippen MR) is 146 cm³/mol. The van der Waals surface area contributed by atoms with Gasteiger partial charge in [0.05, 0.1) is 18.1 Å². The summed E-state index contributed by atoms with van der Waals surface area (Å²) in [5, 5.41) is 0.630. The second kappa shape index (κ2) is 10.1. The molecule has 6 rings (SSSR count). The van der Waals surface area contributed by atoms with Gasteiger partial charge < -0.3 is 19.4 Å². The van der Waals surface area contributed by atoms with Crippen molar-refractivity contribution in [1.29, 1.82) is 0 Å². The number of methoxy groups -OCH3 is 1. The number of aromatic amines is 1. The number of hydrogen-bond donors (Lipinski definition) is 1. The number of ether oxygens (including phenoxy) is 2. The Bertz CT molecular complexity index is 1530. The van der Waals surface area contributed by atoms with Crippen LogP contribution in [0.1, 0.15) is 36.4 Å². The van der Waals surface area contributed by atoms with Gasteiger partial charge in [0, 0.05) is 54.4 Å². The number of nitrogens with zero attached hydrogens (tertiary/aromatic N) is 3. The van der Waals surface area contributed by atoms with E-state index in [9.17, 15) is 4.79 Å². The number of H-pyrrole nitrogens is 1. The lowest BCUT2D eigenvalue weighted by atomic mass is 9.97. The van der Waals surface area contributed by atoms with Crippen molar-refractivity contribution in [2.24, 2.45) is 0 Å². The zero-order valence-electron chi connectivity index (χ0n) is 20.7. The fourth-order valence-corrected chi connectivity index (χ4v) is 5.76. The van der Waals surface area contributed by atoms with E-state index in [1.54, 1.807) is 13.3 Å². The van der Waals surface area contributed by atoms with Gasteiger partial charge in [0.2, 0.25) is 5.88 Å². The smallest absolute Gasteiger partial charge is 0.326 e. The minimum Gasteiger partial charge on any atom is -0.496 e. The topological polar surface area (TPSA) is 72.4 Å². The molecular weight excluding hydrogens is 488 g/mol. The molecule has 0 bridgehead atoms. The second-order valence-electron chi connectivity index (χ2n) is 9.62. The zero-order chi connectivity index (χ0) is 25.4. The molecule has 2 aliphatic rings. The highest BCUT2D eigenvalue weighted by Crippen LogP contribution is 2.41. The molecule has 37 heavy (non-hydrogen) atoms. The number of piperidine rings is 1. The van der Waals surface area contributed by atoms with Gasteiger partial charge in [0.1, 0.15) is 11.5 Å². The van der Waals surface area contributed by atoms with Crippen LogP contribution in [0, 0.1) is 0 Å². The minimum atomic E-state index is -0.0565. The molecule has 190 valence electrons. The lowest BCUT2D eigenvalue weighted by molar-refractivity contribution is 0.189. The monoisotopic (exact) mass is 516 g/mol.